The number of nitrogens with zero attached hydrogens (tertiary/aromatic N) is 3. The predicted octanol–water partition coefficient (Wildman–Crippen LogP) is 1.04. The molecule has 0 radical (unpaired) electrons. The van der Waals surface area contributed by atoms with Gasteiger partial charge in [0.2, 0.25) is 0 Å². The number of likely N-dealkylation sites (tertiary alicyclic amines) is 1. The van der Waals surface area contributed by atoms with E-state index in [0.29, 0.717) is 11.6 Å². The van der Waals surface area contributed by atoms with Gasteiger partial charge in [0.1, 0.15) is 0 Å². The number of amides is 1. The van der Waals surface area contributed by atoms with Gasteiger partial charge in [-0.25, -0.2) is 0 Å². The number of piperidine rings is 1. The highest BCUT2D eigenvalue weighted by molar-refractivity contribution is 5.95. The Morgan fingerprint density at radius 1 is 1.50 bits per heavy atom. The highest BCUT2D eigenvalue weighted by Gasteiger charge is 2.21. The second-order valence-corrected chi connectivity index (χ2v) is 5.01. The van der Waals surface area contributed by atoms with Crippen LogP contribution in [-0.2, 0) is 6.54 Å². The summed E-state index contributed by atoms with van der Waals surface area (Å²) in [7, 11) is 2.12. The Morgan fingerprint density at radius 3 is 2.72 bits per heavy atom. The molecule has 1 saturated heterocycles. The highest BCUT2D eigenvalue weighted by Crippen LogP contribution is 2.11. The summed E-state index contributed by atoms with van der Waals surface area (Å²) in [6.07, 6.45) is 3.73. The zero-order valence-corrected chi connectivity index (χ0v) is 11.4. The minimum Gasteiger partial charge on any atom is -0.349 e. The van der Waals surface area contributed by atoms with E-state index in [1.807, 2.05) is 18.5 Å². The zero-order chi connectivity index (χ0) is 13.1. The Bertz CT molecular complexity index is 419. The molecular weight excluding hydrogens is 228 g/mol. The van der Waals surface area contributed by atoms with Gasteiger partial charge in [-0.15, -0.1) is 0 Å². The lowest BCUT2D eigenvalue weighted by atomic mass is 10.1. The maximum Gasteiger partial charge on any atom is 0.254 e. The first-order valence-corrected chi connectivity index (χ1v) is 6.63. The average molecular weight is 250 g/mol. The second-order valence-electron chi connectivity index (χ2n) is 5.01. The Balaban J connectivity index is 1.97. The molecule has 5 nitrogen and oxygen atoms in total. The van der Waals surface area contributed by atoms with Crippen LogP contribution in [0.15, 0.2) is 6.20 Å². The van der Waals surface area contributed by atoms with Crippen molar-refractivity contribution in [2.24, 2.45) is 0 Å². The lowest BCUT2D eigenvalue weighted by molar-refractivity contribution is 0.0916. The Hall–Kier alpha value is -1.36. The van der Waals surface area contributed by atoms with Gasteiger partial charge in [-0.1, -0.05) is 0 Å². The molecule has 1 N–H and O–H groups in total. The van der Waals surface area contributed by atoms with E-state index in [9.17, 15) is 4.79 Å². The summed E-state index contributed by atoms with van der Waals surface area (Å²) in [4.78, 5) is 14.5. The maximum atomic E-state index is 12.2. The molecule has 2 heterocycles. The van der Waals surface area contributed by atoms with Crippen LogP contribution in [0.4, 0.5) is 0 Å². The summed E-state index contributed by atoms with van der Waals surface area (Å²) in [5.74, 6) is 0.0155. The van der Waals surface area contributed by atoms with Crippen LogP contribution in [0, 0.1) is 6.92 Å². The number of nitrogens with one attached hydrogen (secondary N) is 1. The van der Waals surface area contributed by atoms with Gasteiger partial charge < -0.3 is 10.2 Å². The van der Waals surface area contributed by atoms with E-state index >= 15 is 0 Å². The van der Waals surface area contributed by atoms with Crippen LogP contribution in [-0.4, -0.2) is 46.8 Å². The third kappa shape index (κ3) is 2.72. The van der Waals surface area contributed by atoms with Crippen LogP contribution < -0.4 is 5.32 Å². The summed E-state index contributed by atoms with van der Waals surface area (Å²) in [5, 5.41) is 7.32. The number of aryl methyl sites for hydroxylation is 1. The monoisotopic (exact) mass is 250 g/mol. The first kappa shape index (κ1) is 13.1. The van der Waals surface area contributed by atoms with Crippen molar-refractivity contribution < 1.29 is 4.79 Å². The smallest absolute Gasteiger partial charge is 0.254 e. The quantitative estimate of drug-likeness (QED) is 0.872. The van der Waals surface area contributed by atoms with Crippen LogP contribution >= 0.6 is 0 Å². The third-order valence-corrected chi connectivity index (χ3v) is 3.70. The molecular formula is C13H22N4O. The van der Waals surface area contributed by atoms with Gasteiger partial charge in [0, 0.05) is 18.3 Å². The second kappa shape index (κ2) is 5.52. The summed E-state index contributed by atoms with van der Waals surface area (Å²) in [5.41, 5.74) is 1.65. The fourth-order valence-corrected chi connectivity index (χ4v) is 2.40. The molecule has 1 fully saturated rings. The normalized spacial score (nSPS) is 17.9. The molecule has 100 valence electrons. The van der Waals surface area contributed by atoms with E-state index in [1.165, 1.54) is 0 Å². The van der Waals surface area contributed by atoms with Gasteiger partial charge in [-0.2, -0.15) is 5.10 Å². The molecule has 1 aliphatic rings. The van der Waals surface area contributed by atoms with Gasteiger partial charge in [0.15, 0.2) is 0 Å². The number of aromatic nitrogens is 2. The van der Waals surface area contributed by atoms with Gasteiger partial charge >= 0.3 is 0 Å². The van der Waals surface area contributed by atoms with Gasteiger partial charge in [-0.3, -0.25) is 9.48 Å². The van der Waals surface area contributed by atoms with E-state index in [0.717, 1.165) is 38.2 Å². The molecule has 1 aromatic rings. The highest BCUT2D eigenvalue weighted by atomic mass is 16.1. The molecule has 0 aromatic carbocycles. The number of carbonyl (C=O) groups excluding carboxylic acids is 1. The molecule has 0 spiro atoms. The number of hydrogen-bond donors (Lipinski definition) is 1. The van der Waals surface area contributed by atoms with E-state index < -0.39 is 0 Å². The maximum absolute atomic E-state index is 12.2. The molecule has 1 aromatic heterocycles. The number of rotatable bonds is 3. The third-order valence-electron chi connectivity index (χ3n) is 3.70. The first-order chi connectivity index (χ1) is 8.61. The summed E-state index contributed by atoms with van der Waals surface area (Å²) in [6.45, 7) is 6.88. The van der Waals surface area contributed by atoms with Crippen molar-refractivity contribution in [3.05, 3.63) is 17.5 Å². The Morgan fingerprint density at radius 2 is 2.17 bits per heavy atom. The van der Waals surface area contributed by atoms with Crippen LogP contribution in [0.3, 0.4) is 0 Å². The van der Waals surface area contributed by atoms with Crippen LogP contribution in [0.2, 0.25) is 0 Å². The SMILES string of the molecule is CCn1ncc(C(=O)NC2CCN(C)CC2)c1C. The van der Waals surface area contributed by atoms with Crippen molar-refractivity contribution in [2.75, 3.05) is 20.1 Å². The summed E-state index contributed by atoms with van der Waals surface area (Å²) in [6, 6.07) is 0.304. The molecule has 0 atom stereocenters. The molecule has 0 aliphatic carbocycles. The lowest BCUT2D eigenvalue weighted by Crippen LogP contribution is -2.43. The molecule has 2 rings (SSSR count). The lowest BCUT2D eigenvalue weighted by Gasteiger charge is -2.29. The molecule has 1 aliphatic heterocycles. The van der Waals surface area contributed by atoms with Crippen molar-refractivity contribution in [3.63, 3.8) is 0 Å². The summed E-state index contributed by atoms with van der Waals surface area (Å²) >= 11 is 0. The van der Waals surface area contributed by atoms with Gasteiger partial charge in [0.25, 0.3) is 5.91 Å². The minimum absolute atomic E-state index is 0.0155. The zero-order valence-electron chi connectivity index (χ0n) is 11.4. The number of carbonyl (C=O) groups is 1. The molecule has 0 unspecified atom stereocenters. The standard InChI is InChI=1S/C13H22N4O/c1-4-17-10(2)12(9-14-17)13(18)15-11-5-7-16(3)8-6-11/h9,11H,4-8H2,1-3H3,(H,15,18). The topological polar surface area (TPSA) is 50.2 Å². The van der Waals surface area contributed by atoms with E-state index in [4.69, 9.17) is 0 Å². The molecule has 5 heteroatoms. The Kier molecular flexibility index (Phi) is 4.01. The predicted molar refractivity (Wildman–Crippen MR) is 70.6 cm³/mol. The van der Waals surface area contributed by atoms with E-state index in [1.54, 1.807) is 6.20 Å². The fourth-order valence-electron chi connectivity index (χ4n) is 2.40. The van der Waals surface area contributed by atoms with Crippen LogP contribution in [0.25, 0.3) is 0 Å². The van der Waals surface area contributed by atoms with Crippen molar-refractivity contribution in [1.82, 2.24) is 20.0 Å². The van der Waals surface area contributed by atoms with Crippen molar-refractivity contribution in [1.29, 1.82) is 0 Å². The van der Waals surface area contributed by atoms with Gasteiger partial charge in [0.05, 0.1) is 11.8 Å². The largest absolute Gasteiger partial charge is 0.349 e. The fraction of sp³-hybridized carbons (Fsp3) is 0.692. The van der Waals surface area contributed by atoms with Crippen molar-refractivity contribution >= 4 is 5.91 Å². The minimum atomic E-state index is 0.0155. The molecule has 0 bridgehead atoms. The average Bonchev–Trinajstić information content (AvgIpc) is 2.73. The van der Waals surface area contributed by atoms with E-state index in [-0.39, 0.29) is 5.91 Å². The first-order valence-electron chi connectivity index (χ1n) is 6.63. The number of hydrogen-bond acceptors (Lipinski definition) is 3. The van der Waals surface area contributed by atoms with Crippen LogP contribution in [0.1, 0.15) is 35.8 Å². The molecule has 18 heavy (non-hydrogen) atoms. The molecule has 0 saturated carbocycles. The van der Waals surface area contributed by atoms with E-state index in [2.05, 4.69) is 22.4 Å². The van der Waals surface area contributed by atoms with Crippen LogP contribution in [0.5, 0.6) is 0 Å². The van der Waals surface area contributed by atoms with Crippen molar-refractivity contribution in [2.45, 2.75) is 39.3 Å². The Labute approximate surface area is 108 Å². The molecule has 1 amide bonds. The summed E-state index contributed by atoms with van der Waals surface area (Å²) < 4.78 is 1.85. The van der Waals surface area contributed by atoms with Gasteiger partial charge in [-0.05, 0) is 46.8 Å². The van der Waals surface area contributed by atoms with Crippen molar-refractivity contribution in [3.8, 4) is 0 Å².